The van der Waals surface area contributed by atoms with Crippen molar-refractivity contribution in [3.63, 3.8) is 0 Å². The van der Waals surface area contributed by atoms with Gasteiger partial charge in [-0.25, -0.2) is 4.79 Å². The van der Waals surface area contributed by atoms with Crippen LogP contribution in [-0.2, 0) is 19.6 Å². The van der Waals surface area contributed by atoms with E-state index >= 15 is 0 Å². The molecular formula is C16H26F2O6S. The van der Waals surface area contributed by atoms with E-state index in [1.807, 2.05) is 0 Å². The lowest BCUT2D eigenvalue weighted by molar-refractivity contribution is -0.162. The summed E-state index contributed by atoms with van der Waals surface area (Å²) in [6.07, 6.45) is 6.23. The summed E-state index contributed by atoms with van der Waals surface area (Å²) in [5.41, 5.74) is -0.879. The van der Waals surface area contributed by atoms with Crippen LogP contribution in [-0.4, -0.2) is 41.5 Å². The summed E-state index contributed by atoms with van der Waals surface area (Å²) in [5, 5.41) is 5.67. The molecule has 0 spiro atoms. The molecule has 0 bridgehead atoms. The van der Waals surface area contributed by atoms with Gasteiger partial charge in [-0.05, 0) is 56.3 Å². The molecule has 0 saturated heterocycles. The van der Waals surface area contributed by atoms with Crippen LogP contribution < -0.4 is 0 Å². The van der Waals surface area contributed by atoms with Crippen molar-refractivity contribution in [1.29, 1.82) is 0 Å². The molecule has 0 aromatic heterocycles. The van der Waals surface area contributed by atoms with Crippen LogP contribution in [0.1, 0.15) is 58.3 Å². The van der Waals surface area contributed by atoms with Gasteiger partial charge in [0.05, 0.1) is 12.2 Å². The summed E-state index contributed by atoms with van der Waals surface area (Å²) in [4.78, 5) is 11.1. The smallest absolute Gasteiger partial charge is 0.460 e. The minimum atomic E-state index is -5.84. The molecule has 0 radical (unpaired) electrons. The summed E-state index contributed by atoms with van der Waals surface area (Å²) in [6, 6.07) is 0. The molecule has 0 aromatic rings. The van der Waals surface area contributed by atoms with Gasteiger partial charge in [0.25, 0.3) is 0 Å². The molecule has 2 rings (SSSR count). The van der Waals surface area contributed by atoms with Gasteiger partial charge in [-0.1, -0.05) is 19.8 Å². The zero-order chi connectivity index (χ0) is 18.9. The van der Waals surface area contributed by atoms with Crippen LogP contribution in [0.2, 0.25) is 0 Å². The van der Waals surface area contributed by atoms with E-state index in [0.717, 1.165) is 25.2 Å². The quantitative estimate of drug-likeness (QED) is 0.379. The van der Waals surface area contributed by atoms with Crippen molar-refractivity contribution in [2.75, 3.05) is 6.61 Å². The Labute approximate surface area is 146 Å². The number of aliphatic hydroxyl groups is 1. The van der Waals surface area contributed by atoms with Gasteiger partial charge in [-0.3, -0.25) is 4.55 Å². The first-order valence-electron chi connectivity index (χ1n) is 8.74. The van der Waals surface area contributed by atoms with E-state index in [4.69, 9.17) is 4.55 Å². The zero-order valence-electron chi connectivity index (χ0n) is 14.3. The van der Waals surface area contributed by atoms with Gasteiger partial charge < -0.3 is 9.84 Å². The zero-order valence-corrected chi connectivity index (χ0v) is 15.1. The van der Waals surface area contributed by atoms with Gasteiger partial charge in [-0.15, -0.1) is 0 Å². The molecular weight excluding hydrogens is 358 g/mol. The molecule has 6 nitrogen and oxygen atoms in total. The second kappa shape index (κ2) is 7.44. The van der Waals surface area contributed by atoms with E-state index in [9.17, 15) is 27.1 Å². The van der Waals surface area contributed by atoms with E-state index in [2.05, 4.69) is 11.7 Å². The summed E-state index contributed by atoms with van der Waals surface area (Å²) >= 11 is 0. The Balaban J connectivity index is 1.73. The highest BCUT2D eigenvalue weighted by molar-refractivity contribution is 7.87. The molecule has 0 heterocycles. The fraction of sp³-hybridized carbons (Fsp3) is 0.938. The predicted octanol–water partition coefficient (Wildman–Crippen LogP) is 2.76. The molecule has 2 fully saturated rings. The van der Waals surface area contributed by atoms with Crippen LogP contribution in [0.4, 0.5) is 8.78 Å². The summed E-state index contributed by atoms with van der Waals surface area (Å²) < 4.78 is 59.5. The van der Waals surface area contributed by atoms with Crippen molar-refractivity contribution in [1.82, 2.24) is 0 Å². The second-order valence-electron chi connectivity index (χ2n) is 7.41. The van der Waals surface area contributed by atoms with Crippen molar-refractivity contribution in [2.45, 2.75) is 69.1 Å². The van der Waals surface area contributed by atoms with E-state index in [-0.39, 0.29) is 6.42 Å². The molecule has 4 unspecified atom stereocenters. The third-order valence-electron chi connectivity index (χ3n) is 5.64. The third kappa shape index (κ3) is 4.49. The number of esters is 1. The molecule has 4 atom stereocenters. The molecule has 0 aromatic carbocycles. The Morgan fingerprint density at radius 1 is 1.40 bits per heavy atom. The normalized spacial score (nSPS) is 32.6. The van der Waals surface area contributed by atoms with Crippen LogP contribution in [0, 0.1) is 17.8 Å². The number of hydrogen-bond acceptors (Lipinski definition) is 5. The van der Waals surface area contributed by atoms with E-state index < -0.39 is 33.5 Å². The SMILES string of the molecule is CCCC1CC2CC(O)(CCCOC(=O)C(F)(F)S(=O)(=O)O)CCC12. The molecule has 2 N–H and O–H groups in total. The highest BCUT2D eigenvalue weighted by atomic mass is 32.2. The maximum atomic E-state index is 13.0. The minimum absolute atomic E-state index is 0.152. The molecule has 2 aliphatic carbocycles. The van der Waals surface area contributed by atoms with E-state index in [1.54, 1.807) is 0 Å². The van der Waals surface area contributed by atoms with Crippen LogP contribution in [0.25, 0.3) is 0 Å². The fourth-order valence-electron chi connectivity index (χ4n) is 4.34. The summed E-state index contributed by atoms with van der Waals surface area (Å²) in [5.74, 6) is -0.372. The molecule has 9 heteroatoms. The van der Waals surface area contributed by atoms with Gasteiger partial charge in [0.2, 0.25) is 0 Å². The fourth-order valence-corrected chi connectivity index (χ4v) is 4.61. The number of carbonyl (C=O) groups excluding carboxylic acids is 1. The van der Waals surface area contributed by atoms with E-state index in [1.165, 1.54) is 6.42 Å². The number of rotatable bonds is 8. The first-order chi connectivity index (χ1) is 11.5. The first kappa shape index (κ1) is 20.5. The van der Waals surface area contributed by atoms with Crippen LogP contribution >= 0.6 is 0 Å². The number of alkyl halides is 2. The predicted molar refractivity (Wildman–Crippen MR) is 85.5 cm³/mol. The van der Waals surface area contributed by atoms with Gasteiger partial charge in [0.1, 0.15) is 0 Å². The topological polar surface area (TPSA) is 101 Å². The number of halogens is 2. The van der Waals surface area contributed by atoms with Gasteiger partial charge in [-0.2, -0.15) is 17.2 Å². The molecule has 25 heavy (non-hydrogen) atoms. The Hall–Kier alpha value is -0.800. The van der Waals surface area contributed by atoms with E-state index in [0.29, 0.717) is 31.1 Å². The second-order valence-corrected chi connectivity index (χ2v) is 8.87. The Bertz CT molecular complexity index is 593. The molecule has 0 aliphatic heterocycles. The average molecular weight is 384 g/mol. The summed E-state index contributed by atoms with van der Waals surface area (Å²) in [7, 11) is -5.84. The highest BCUT2D eigenvalue weighted by Crippen LogP contribution is 2.54. The largest absolute Gasteiger partial charge is 0.465 e. The number of fused-ring (bicyclic) bond motifs is 1. The Morgan fingerprint density at radius 3 is 2.64 bits per heavy atom. The van der Waals surface area contributed by atoms with Crippen molar-refractivity contribution in [2.24, 2.45) is 17.8 Å². The van der Waals surface area contributed by atoms with Crippen molar-refractivity contribution >= 4 is 16.1 Å². The van der Waals surface area contributed by atoms with Gasteiger partial charge in [0.15, 0.2) is 0 Å². The highest BCUT2D eigenvalue weighted by Gasteiger charge is 2.54. The number of hydrogen-bond donors (Lipinski definition) is 2. The Morgan fingerprint density at radius 2 is 2.08 bits per heavy atom. The van der Waals surface area contributed by atoms with Crippen LogP contribution in [0.5, 0.6) is 0 Å². The Kier molecular flexibility index (Phi) is 6.10. The third-order valence-corrected chi connectivity index (χ3v) is 6.46. The van der Waals surface area contributed by atoms with Crippen LogP contribution in [0.15, 0.2) is 0 Å². The maximum absolute atomic E-state index is 13.0. The molecule has 2 saturated carbocycles. The monoisotopic (exact) mass is 384 g/mol. The van der Waals surface area contributed by atoms with Crippen LogP contribution in [0.3, 0.4) is 0 Å². The number of ether oxygens (including phenoxy) is 1. The van der Waals surface area contributed by atoms with Gasteiger partial charge >= 0.3 is 21.3 Å². The van der Waals surface area contributed by atoms with Gasteiger partial charge in [0, 0.05) is 0 Å². The first-order valence-corrected chi connectivity index (χ1v) is 10.2. The standard InChI is InChI=1S/C16H26F2O6S/c1-2-4-11-9-12-10-15(20,7-5-13(11)12)6-3-8-24-14(19)16(17,18)25(21,22)23/h11-13,20H,2-10H2,1H3,(H,21,22,23). The minimum Gasteiger partial charge on any atom is -0.460 e. The molecule has 146 valence electrons. The van der Waals surface area contributed by atoms with Crippen molar-refractivity contribution in [3.05, 3.63) is 0 Å². The molecule has 0 amide bonds. The average Bonchev–Trinajstić information content (AvgIpc) is 2.48. The molecule has 2 aliphatic rings. The maximum Gasteiger partial charge on any atom is 0.465 e. The lowest BCUT2D eigenvalue weighted by atomic mass is 9.54. The lowest BCUT2D eigenvalue weighted by Crippen LogP contribution is -2.48. The lowest BCUT2D eigenvalue weighted by Gasteiger charge is -2.53. The van der Waals surface area contributed by atoms with Crippen molar-refractivity contribution < 1.29 is 36.4 Å². The number of carbonyl (C=O) groups is 1. The van der Waals surface area contributed by atoms with Crippen molar-refractivity contribution in [3.8, 4) is 0 Å². The summed E-state index contributed by atoms with van der Waals surface area (Å²) in [6.45, 7) is 1.73.